The van der Waals surface area contributed by atoms with E-state index < -0.39 is 7.82 Å². The van der Waals surface area contributed by atoms with Crippen LogP contribution in [0.5, 0.6) is 0 Å². The lowest BCUT2D eigenvalue weighted by Crippen LogP contribution is -2.11. The fourth-order valence-corrected chi connectivity index (χ4v) is 5.35. The van der Waals surface area contributed by atoms with Gasteiger partial charge < -0.3 is 0 Å². The van der Waals surface area contributed by atoms with Crippen molar-refractivity contribution in [1.82, 2.24) is 0 Å². The van der Waals surface area contributed by atoms with Crippen molar-refractivity contribution >= 4 is 7.82 Å². The molecule has 0 heterocycles. The molecule has 0 spiro atoms. The first-order valence-electron chi connectivity index (χ1n) is 14.6. The summed E-state index contributed by atoms with van der Waals surface area (Å²) in [6, 6.07) is 0. The molecule has 0 aromatic heterocycles. The van der Waals surface area contributed by atoms with Crippen LogP contribution in [0.4, 0.5) is 0 Å². The predicted molar refractivity (Wildman–Crippen MR) is 144 cm³/mol. The minimum absolute atomic E-state index is 0.428. The maximum absolute atomic E-state index is 13.3. The van der Waals surface area contributed by atoms with Crippen molar-refractivity contribution in [3.8, 4) is 0 Å². The van der Waals surface area contributed by atoms with Gasteiger partial charge in [-0.05, 0) is 25.2 Å². The normalized spacial score (nSPS) is 13.0. The van der Waals surface area contributed by atoms with E-state index in [1.165, 1.54) is 89.9 Å². The number of phosphoric acid groups is 1. The largest absolute Gasteiger partial charge is 0.474 e. The second-order valence-corrected chi connectivity index (χ2v) is 11.4. The van der Waals surface area contributed by atoms with E-state index in [1.807, 2.05) is 0 Å². The van der Waals surface area contributed by atoms with Gasteiger partial charge >= 0.3 is 7.82 Å². The molecular weight excluding hydrogens is 431 g/mol. The summed E-state index contributed by atoms with van der Waals surface area (Å²) in [7, 11) is -3.46. The fourth-order valence-electron chi connectivity index (χ4n) is 4.03. The van der Waals surface area contributed by atoms with Gasteiger partial charge in [-0.25, -0.2) is 4.57 Å². The Balaban J connectivity index is 4.24. The quantitative estimate of drug-likeness (QED) is 0.0848. The van der Waals surface area contributed by atoms with Gasteiger partial charge in [0.2, 0.25) is 0 Å². The predicted octanol–water partition coefficient (Wildman–Crippen LogP) is 10.6. The van der Waals surface area contributed by atoms with Gasteiger partial charge in [0.1, 0.15) is 0 Å². The summed E-state index contributed by atoms with van der Waals surface area (Å²) in [4.78, 5) is 0. The Morgan fingerprint density at radius 2 is 0.909 bits per heavy atom. The number of hydrogen-bond donors (Lipinski definition) is 0. The zero-order chi connectivity index (χ0) is 24.5. The fraction of sp³-hybridized carbons (Fsp3) is 1.00. The van der Waals surface area contributed by atoms with Crippen molar-refractivity contribution in [2.24, 2.45) is 5.92 Å². The van der Waals surface area contributed by atoms with E-state index >= 15 is 0 Å². The Bertz CT molecular complexity index is 404. The van der Waals surface area contributed by atoms with Crippen LogP contribution in [0.25, 0.3) is 0 Å². The summed E-state index contributed by atoms with van der Waals surface area (Å²) in [5.41, 5.74) is 0. The molecule has 0 aliphatic carbocycles. The third-order valence-corrected chi connectivity index (χ3v) is 7.97. The number of hydrogen-bond acceptors (Lipinski definition) is 4. The Labute approximate surface area is 207 Å². The monoisotopic (exact) mass is 490 g/mol. The Morgan fingerprint density at radius 1 is 0.515 bits per heavy atom. The minimum Gasteiger partial charge on any atom is -0.287 e. The van der Waals surface area contributed by atoms with Crippen LogP contribution in [-0.2, 0) is 18.1 Å². The van der Waals surface area contributed by atoms with E-state index in [0.29, 0.717) is 25.7 Å². The second kappa shape index (κ2) is 25.2. The van der Waals surface area contributed by atoms with E-state index in [9.17, 15) is 4.57 Å². The molecule has 33 heavy (non-hydrogen) atoms. The first-order chi connectivity index (χ1) is 16.1. The van der Waals surface area contributed by atoms with Crippen LogP contribution in [0.15, 0.2) is 0 Å². The highest BCUT2D eigenvalue weighted by Gasteiger charge is 2.27. The summed E-state index contributed by atoms with van der Waals surface area (Å²) in [5, 5.41) is 0. The lowest BCUT2D eigenvalue weighted by molar-refractivity contribution is 0.0946. The van der Waals surface area contributed by atoms with Gasteiger partial charge in [-0.2, -0.15) is 0 Å². The Kier molecular flexibility index (Phi) is 25.3. The molecule has 0 rings (SSSR count). The van der Waals surface area contributed by atoms with Crippen molar-refractivity contribution in [3.05, 3.63) is 0 Å². The van der Waals surface area contributed by atoms with Gasteiger partial charge in [-0.1, -0.05) is 137 Å². The summed E-state index contributed by atoms with van der Waals surface area (Å²) in [5.74, 6) is 0.428. The van der Waals surface area contributed by atoms with E-state index in [0.717, 1.165) is 38.5 Å². The van der Waals surface area contributed by atoms with E-state index in [4.69, 9.17) is 13.6 Å². The van der Waals surface area contributed by atoms with Crippen LogP contribution < -0.4 is 0 Å². The first kappa shape index (κ1) is 33.1. The van der Waals surface area contributed by atoms with Crippen molar-refractivity contribution in [2.75, 3.05) is 19.8 Å². The first-order valence-corrected chi connectivity index (χ1v) is 16.1. The minimum atomic E-state index is -3.46. The number of unbranched alkanes of at least 4 members (excludes halogenated alkanes) is 15. The molecular formula is C28H59O4P. The molecule has 200 valence electrons. The van der Waals surface area contributed by atoms with Crippen molar-refractivity contribution in [1.29, 1.82) is 0 Å². The standard InChI is InChI=1S/C28H59O4P/c1-5-9-12-14-16-18-20-22-25-30-33(29,32-27-28(8-4)24-11-7-3)31-26-23-21-19-17-15-13-10-6-2/h28H,5-27H2,1-4H3. The highest BCUT2D eigenvalue weighted by molar-refractivity contribution is 7.48. The molecule has 0 N–H and O–H groups in total. The van der Waals surface area contributed by atoms with Crippen LogP contribution in [-0.4, -0.2) is 19.8 Å². The Morgan fingerprint density at radius 3 is 1.30 bits per heavy atom. The lowest BCUT2D eigenvalue weighted by Gasteiger charge is -2.21. The molecule has 0 bridgehead atoms. The molecule has 0 aromatic carbocycles. The average Bonchev–Trinajstić information content (AvgIpc) is 2.82. The van der Waals surface area contributed by atoms with Gasteiger partial charge in [0, 0.05) is 0 Å². The molecule has 1 atom stereocenters. The molecule has 0 aromatic rings. The highest BCUT2D eigenvalue weighted by Crippen LogP contribution is 2.50. The van der Waals surface area contributed by atoms with Gasteiger partial charge in [0.15, 0.2) is 0 Å². The molecule has 0 fully saturated rings. The topological polar surface area (TPSA) is 44.8 Å². The maximum Gasteiger partial charge on any atom is 0.474 e. The van der Waals surface area contributed by atoms with Gasteiger partial charge in [-0.3, -0.25) is 13.6 Å². The van der Waals surface area contributed by atoms with Crippen molar-refractivity contribution in [3.63, 3.8) is 0 Å². The van der Waals surface area contributed by atoms with Crippen molar-refractivity contribution in [2.45, 2.75) is 156 Å². The van der Waals surface area contributed by atoms with Crippen LogP contribution in [0.2, 0.25) is 0 Å². The molecule has 0 saturated carbocycles. The van der Waals surface area contributed by atoms with Crippen molar-refractivity contribution < 1.29 is 18.1 Å². The van der Waals surface area contributed by atoms with E-state index in [1.54, 1.807) is 0 Å². The van der Waals surface area contributed by atoms with E-state index in [-0.39, 0.29) is 0 Å². The molecule has 0 amide bonds. The lowest BCUT2D eigenvalue weighted by atomic mass is 10.0. The zero-order valence-corrected chi connectivity index (χ0v) is 23.8. The average molecular weight is 491 g/mol. The molecule has 0 saturated heterocycles. The van der Waals surface area contributed by atoms with Gasteiger partial charge in [0.25, 0.3) is 0 Å². The maximum atomic E-state index is 13.3. The summed E-state index contributed by atoms with van der Waals surface area (Å²) in [6.45, 7) is 10.3. The van der Waals surface area contributed by atoms with Crippen LogP contribution in [0.3, 0.4) is 0 Å². The van der Waals surface area contributed by atoms with Crippen LogP contribution in [0.1, 0.15) is 156 Å². The number of phosphoric ester groups is 1. The van der Waals surface area contributed by atoms with Crippen LogP contribution >= 0.6 is 7.82 Å². The highest BCUT2D eigenvalue weighted by atomic mass is 31.2. The second-order valence-electron chi connectivity index (χ2n) is 9.78. The van der Waals surface area contributed by atoms with E-state index in [2.05, 4.69) is 27.7 Å². The zero-order valence-electron chi connectivity index (χ0n) is 22.9. The molecule has 4 nitrogen and oxygen atoms in total. The van der Waals surface area contributed by atoms with Gasteiger partial charge in [-0.15, -0.1) is 0 Å². The Hall–Kier alpha value is 0.110. The number of rotatable bonds is 27. The molecule has 5 heteroatoms. The molecule has 1 unspecified atom stereocenters. The SMILES string of the molecule is CCCCCCCCCCOP(=O)(OCCCCCCCCCC)OCC(CC)CCCC. The third-order valence-electron chi connectivity index (χ3n) is 6.51. The molecule has 0 aliphatic rings. The molecule has 0 radical (unpaired) electrons. The summed E-state index contributed by atoms with van der Waals surface area (Å²) in [6.07, 6.45) is 24.3. The molecule has 0 aliphatic heterocycles. The summed E-state index contributed by atoms with van der Waals surface area (Å²) >= 11 is 0. The third kappa shape index (κ3) is 22.3. The van der Waals surface area contributed by atoms with Crippen LogP contribution in [0, 0.1) is 5.92 Å². The van der Waals surface area contributed by atoms with Gasteiger partial charge in [0.05, 0.1) is 19.8 Å². The smallest absolute Gasteiger partial charge is 0.287 e. The summed E-state index contributed by atoms with van der Waals surface area (Å²) < 4.78 is 30.6.